The monoisotopic (exact) mass is 438 g/mol. The molecule has 0 aromatic heterocycles. The van der Waals surface area contributed by atoms with E-state index in [9.17, 15) is 9.59 Å². The quantitative estimate of drug-likeness (QED) is 0.614. The molecule has 2 aromatic carbocycles. The van der Waals surface area contributed by atoms with Crippen molar-refractivity contribution in [2.24, 2.45) is 0 Å². The van der Waals surface area contributed by atoms with E-state index >= 15 is 0 Å². The van der Waals surface area contributed by atoms with Crippen molar-refractivity contribution in [3.63, 3.8) is 0 Å². The fourth-order valence-electron chi connectivity index (χ4n) is 3.97. The number of benzene rings is 2. The number of likely N-dealkylation sites (tertiary alicyclic amines) is 1. The third-order valence-electron chi connectivity index (χ3n) is 5.80. The van der Waals surface area contributed by atoms with Gasteiger partial charge in [0.15, 0.2) is 18.1 Å². The van der Waals surface area contributed by atoms with Crippen LogP contribution >= 0.6 is 0 Å². The van der Waals surface area contributed by atoms with Gasteiger partial charge in [-0.15, -0.1) is 0 Å². The van der Waals surface area contributed by atoms with Crippen LogP contribution in [0, 0.1) is 13.8 Å². The Hall–Kier alpha value is -3.02. The highest BCUT2D eigenvalue weighted by molar-refractivity contribution is 5.94. The lowest BCUT2D eigenvalue weighted by Crippen LogP contribution is -2.38. The maximum atomic E-state index is 13.0. The number of hydrogen-bond acceptors (Lipinski definition) is 4. The molecule has 32 heavy (non-hydrogen) atoms. The standard InChI is InChI=1S/C26H34N2O4/c1-5-31-24-16-21(26(30)27(4)17-22-10-9-19(2)15-20(22)3)11-12-23(24)32-18-25(29)28-13-7-6-8-14-28/h9-12,15-16H,5-8,13-14,17-18H2,1-4H3. The van der Waals surface area contributed by atoms with Crippen LogP contribution in [0.4, 0.5) is 0 Å². The van der Waals surface area contributed by atoms with E-state index < -0.39 is 0 Å². The van der Waals surface area contributed by atoms with E-state index in [2.05, 4.69) is 32.0 Å². The van der Waals surface area contributed by atoms with Crippen LogP contribution in [0.25, 0.3) is 0 Å². The molecule has 6 nitrogen and oxygen atoms in total. The summed E-state index contributed by atoms with van der Waals surface area (Å²) in [5.74, 6) is 0.845. The van der Waals surface area contributed by atoms with Crippen molar-refractivity contribution in [2.75, 3.05) is 33.4 Å². The highest BCUT2D eigenvalue weighted by Gasteiger charge is 2.19. The second-order valence-electron chi connectivity index (χ2n) is 8.42. The van der Waals surface area contributed by atoms with Crippen LogP contribution in [0.3, 0.4) is 0 Å². The smallest absolute Gasteiger partial charge is 0.260 e. The molecule has 0 N–H and O–H groups in total. The summed E-state index contributed by atoms with van der Waals surface area (Å²) in [6, 6.07) is 11.4. The van der Waals surface area contributed by atoms with Gasteiger partial charge in [-0.25, -0.2) is 0 Å². The number of carbonyl (C=O) groups excluding carboxylic acids is 2. The zero-order valence-electron chi connectivity index (χ0n) is 19.6. The van der Waals surface area contributed by atoms with Crippen LogP contribution in [0.1, 0.15) is 53.2 Å². The van der Waals surface area contributed by atoms with Crippen LogP contribution in [-0.2, 0) is 11.3 Å². The predicted octanol–water partition coefficient (Wildman–Crippen LogP) is 4.37. The minimum absolute atomic E-state index is 0.0134. The minimum Gasteiger partial charge on any atom is -0.490 e. The van der Waals surface area contributed by atoms with E-state index in [1.54, 1.807) is 30.1 Å². The number of nitrogens with zero attached hydrogens (tertiary/aromatic N) is 2. The number of ether oxygens (including phenoxy) is 2. The maximum absolute atomic E-state index is 13.0. The summed E-state index contributed by atoms with van der Waals surface area (Å²) in [5.41, 5.74) is 4.01. The molecular weight excluding hydrogens is 404 g/mol. The lowest BCUT2D eigenvalue weighted by atomic mass is 10.1. The summed E-state index contributed by atoms with van der Waals surface area (Å²) < 4.78 is 11.5. The Bertz CT molecular complexity index is 951. The molecule has 1 saturated heterocycles. The summed E-state index contributed by atoms with van der Waals surface area (Å²) in [5, 5.41) is 0. The molecule has 0 radical (unpaired) electrons. The van der Waals surface area contributed by atoms with Crippen LogP contribution in [0.2, 0.25) is 0 Å². The van der Waals surface area contributed by atoms with Gasteiger partial charge in [0.05, 0.1) is 6.61 Å². The number of carbonyl (C=O) groups is 2. The van der Waals surface area contributed by atoms with E-state index in [0.717, 1.165) is 31.5 Å². The normalized spacial score (nSPS) is 13.6. The minimum atomic E-state index is -0.0955. The first-order chi connectivity index (χ1) is 15.4. The van der Waals surface area contributed by atoms with E-state index in [-0.39, 0.29) is 18.4 Å². The van der Waals surface area contributed by atoms with Crippen molar-refractivity contribution < 1.29 is 19.1 Å². The summed E-state index contributed by atoms with van der Waals surface area (Å²) in [6.45, 7) is 8.52. The molecule has 1 aliphatic rings. The van der Waals surface area contributed by atoms with Gasteiger partial charge in [0.25, 0.3) is 11.8 Å². The molecular formula is C26H34N2O4. The van der Waals surface area contributed by atoms with Crippen molar-refractivity contribution in [2.45, 2.75) is 46.6 Å². The summed E-state index contributed by atoms with van der Waals surface area (Å²) in [6.07, 6.45) is 3.26. The summed E-state index contributed by atoms with van der Waals surface area (Å²) in [7, 11) is 1.80. The Morgan fingerprint density at radius 2 is 1.72 bits per heavy atom. The molecule has 1 fully saturated rings. The lowest BCUT2D eigenvalue weighted by Gasteiger charge is -2.26. The lowest BCUT2D eigenvalue weighted by molar-refractivity contribution is -0.134. The summed E-state index contributed by atoms with van der Waals surface area (Å²) in [4.78, 5) is 29.0. The van der Waals surface area contributed by atoms with Crippen molar-refractivity contribution in [3.8, 4) is 11.5 Å². The molecule has 0 bridgehead atoms. The van der Waals surface area contributed by atoms with Gasteiger partial charge in [-0.1, -0.05) is 23.8 Å². The van der Waals surface area contributed by atoms with Crippen molar-refractivity contribution in [1.29, 1.82) is 0 Å². The van der Waals surface area contributed by atoms with Crippen LogP contribution in [-0.4, -0.2) is 55.0 Å². The van der Waals surface area contributed by atoms with E-state index in [1.165, 1.54) is 17.5 Å². The van der Waals surface area contributed by atoms with Crippen molar-refractivity contribution >= 4 is 11.8 Å². The fraction of sp³-hybridized carbons (Fsp3) is 0.462. The van der Waals surface area contributed by atoms with E-state index in [4.69, 9.17) is 9.47 Å². The van der Waals surface area contributed by atoms with Crippen molar-refractivity contribution in [1.82, 2.24) is 9.80 Å². The van der Waals surface area contributed by atoms with Gasteiger partial charge in [-0.2, -0.15) is 0 Å². The molecule has 2 amide bonds. The summed E-state index contributed by atoms with van der Waals surface area (Å²) >= 11 is 0. The van der Waals surface area contributed by atoms with Gasteiger partial charge < -0.3 is 19.3 Å². The SMILES string of the molecule is CCOc1cc(C(=O)N(C)Cc2ccc(C)cc2C)ccc1OCC(=O)N1CCCCC1. The zero-order valence-corrected chi connectivity index (χ0v) is 19.6. The Labute approximate surface area is 191 Å². The number of rotatable bonds is 8. The second-order valence-corrected chi connectivity index (χ2v) is 8.42. The molecule has 0 atom stereocenters. The molecule has 172 valence electrons. The third kappa shape index (κ3) is 6.02. The molecule has 0 saturated carbocycles. The van der Waals surface area contributed by atoms with Gasteiger partial charge in [0, 0.05) is 32.2 Å². The Balaban J connectivity index is 1.68. The molecule has 1 aliphatic heterocycles. The first kappa shape index (κ1) is 23.6. The third-order valence-corrected chi connectivity index (χ3v) is 5.80. The number of aryl methyl sites for hydroxylation is 2. The number of hydrogen-bond donors (Lipinski definition) is 0. The number of amides is 2. The van der Waals surface area contributed by atoms with Gasteiger partial charge in [-0.3, -0.25) is 9.59 Å². The highest BCUT2D eigenvalue weighted by atomic mass is 16.5. The highest BCUT2D eigenvalue weighted by Crippen LogP contribution is 2.29. The van der Waals surface area contributed by atoms with E-state index in [0.29, 0.717) is 30.2 Å². The average molecular weight is 439 g/mol. The van der Waals surface area contributed by atoms with Gasteiger partial charge in [-0.05, 0) is 69.4 Å². The first-order valence-corrected chi connectivity index (χ1v) is 11.4. The molecule has 6 heteroatoms. The van der Waals surface area contributed by atoms with Gasteiger partial charge in [0.1, 0.15) is 0 Å². The molecule has 1 heterocycles. The van der Waals surface area contributed by atoms with E-state index in [1.807, 2.05) is 11.8 Å². The van der Waals surface area contributed by atoms with Crippen molar-refractivity contribution in [3.05, 3.63) is 58.7 Å². The Morgan fingerprint density at radius 3 is 2.41 bits per heavy atom. The Kier molecular flexibility index (Phi) is 8.14. The topological polar surface area (TPSA) is 59.1 Å². The van der Waals surface area contributed by atoms with Gasteiger partial charge in [0.2, 0.25) is 0 Å². The first-order valence-electron chi connectivity index (χ1n) is 11.4. The fourth-order valence-corrected chi connectivity index (χ4v) is 3.97. The van der Waals surface area contributed by atoms with Crippen LogP contribution in [0.5, 0.6) is 11.5 Å². The van der Waals surface area contributed by atoms with Gasteiger partial charge >= 0.3 is 0 Å². The predicted molar refractivity (Wildman–Crippen MR) is 125 cm³/mol. The van der Waals surface area contributed by atoms with Crippen LogP contribution in [0.15, 0.2) is 36.4 Å². The molecule has 0 spiro atoms. The van der Waals surface area contributed by atoms with Crippen LogP contribution < -0.4 is 9.47 Å². The maximum Gasteiger partial charge on any atom is 0.260 e. The largest absolute Gasteiger partial charge is 0.490 e. The molecule has 3 rings (SSSR count). The molecule has 0 unspecified atom stereocenters. The average Bonchev–Trinajstić information content (AvgIpc) is 2.80. The molecule has 2 aromatic rings. The Morgan fingerprint density at radius 1 is 0.969 bits per heavy atom. The number of piperidine rings is 1. The zero-order chi connectivity index (χ0) is 23.1. The second kappa shape index (κ2) is 11.0. The molecule has 0 aliphatic carbocycles.